The van der Waals surface area contributed by atoms with E-state index < -0.39 is 0 Å². The monoisotopic (exact) mass is 366 g/mol. The van der Waals surface area contributed by atoms with E-state index >= 15 is 0 Å². The van der Waals surface area contributed by atoms with E-state index in [1.807, 2.05) is 0 Å². The lowest BCUT2D eigenvalue weighted by Gasteiger charge is -2.09. The first-order valence-corrected chi connectivity index (χ1v) is 8.25. The van der Waals surface area contributed by atoms with Gasteiger partial charge in [-0.2, -0.15) is 20.6 Å². The van der Waals surface area contributed by atoms with Crippen molar-refractivity contribution in [2.75, 3.05) is 33.5 Å². The number of hydrogen-bond acceptors (Lipinski definition) is 8. The number of ether oxygens (including phenoxy) is 3. The molecule has 1 N–H and O–H groups in total. The molecule has 3 rings (SSSR count). The van der Waals surface area contributed by atoms with E-state index in [4.69, 9.17) is 14.2 Å². The molecule has 27 heavy (non-hydrogen) atoms. The summed E-state index contributed by atoms with van der Waals surface area (Å²) in [7, 11) is 1.62. The highest BCUT2D eigenvalue weighted by Gasteiger charge is 2.11. The van der Waals surface area contributed by atoms with Gasteiger partial charge in [-0.15, -0.1) is 0 Å². The molecule has 9 heteroatoms. The van der Waals surface area contributed by atoms with Crippen molar-refractivity contribution in [2.24, 2.45) is 0 Å². The van der Waals surface area contributed by atoms with E-state index in [9.17, 15) is 5.26 Å². The Bertz CT molecular complexity index is 907. The molecule has 0 amide bonds. The fraction of sp³-hybridized carbons (Fsp3) is 0.278. The lowest BCUT2D eigenvalue weighted by atomic mass is 10.1. The summed E-state index contributed by atoms with van der Waals surface area (Å²) < 4.78 is 16.0. The number of aromatic amines is 1. The maximum atomic E-state index is 9.28. The molecule has 138 valence electrons. The average molecular weight is 366 g/mol. The minimum atomic E-state index is 0.326. The minimum Gasteiger partial charge on any atom is -0.490 e. The first kappa shape index (κ1) is 18.4. The molecular weight excluding hydrogens is 348 g/mol. The molecule has 0 atom stereocenters. The van der Waals surface area contributed by atoms with Gasteiger partial charge in [-0.1, -0.05) is 0 Å². The Balaban J connectivity index is 1.71. The van der Waals surface area contributed by atoms with Crippen molar-refractivity contribution in [1.29, 1.82) is 5.26 Å². The van der Waals surface area contributed by atoms with E-state index in [-0.39, 0.29) is 0 Å². The third kappa shape index (κ3) is 4.84. The van der Waals surface area contributed by atoms with Gasteiger partial charge in [0.15, 0.2) is 11.6 Å². The van der Waals surface area contributed by atoms with E-state index in [1.54, 1.807) is 43.8 Å². The van der Waals surface area contributed by atoms with Crippen LogP contribution in [0, 0.1) is 11.3 Å². The van der Waals surface area contributed by atoms with Crippen molar-refractivity contribution in [2.45, 2.75) is 0 Å². The standard InChI is InChI=1S/C18H18N6O3/c1-25-6-7-26-8-9-27-16-10-13(2-3-14(16)11-19)17-22-18(24-23-17)15-4-5-20-21-12-15/h2-5,10,12H,6-9H2,1H3,(H,22,23,24). The minimum absolute atomic E-state index is 0.326. The first-order chi connectivity index (χ1) is 13.3. The predicted octanol–water partition coefficient (Wildman–Crippen LogP) is 1.84. The highest BCUT2D eigenvalue weighted by molar-refractivity contribution is 5.64. The van der Waals surface area contributed by atoms with Crippen molar-refractivity contribution < 1.29 is 14.2 Å². The Morgan fingerprint density at radius 2 is 1.96 bits per heavy atom. The molecule has 1 aromatic carbocycles. The number of nitriles is 1. The Morgan fingerprint density at radius 1 is 1.07 bits per heavy atom. The van der Waals surface area contributed by atoms with Gasteiger partial charge in [-0.05, 0) is 24.3 Å². The van der Waals surface area contributed by atoms with Crippen LogP contribution >= 0.6 is 0 Å². The zero-order valence-electron chi connectivity index (χ0n) is 14.8. The second-order valence-corrected chi connectivity index (χ2v) is 5.42. The Morgan fingerprint density at radius 3 is 2.74 bits per heavy atom. The summed E-state index contributed by atoms with van der Waals surface area (Å²) in [6.07, 6.45) is 3.16. The first-order valence-electron chi connectivity index (χ1n) is 8.25. The largest absolute Gasteiger partial charge is 0.490 e. The number of nitrogens with one attached hydrogen (secondary N) is 1. The topological polar surface area (TPSA) is 119 Å². The van der Waals surface area contributed by atoms with Gasteiger partial charge in [0.2, 0.25) is 0 Å². The smallest absolute Gasteiger partial charge is 0.183 e. The van der Waals surface area contributed by atoms with Crippen LogP contribution in [0.1, 0.15) is 5.56 Å². The van der Waals surface area contributed by atoms with Gasteiger partial charge in [0.05, 0.1) is 37.8 Å². The molecule has 0 saturated carbocycles. The summed E-state index contributed by atoms with van der Waals surface area (Å²) in [5, 5.41) is 23.9. The zero-order valence-corrected chi connectivity index (χ0v) is 14.8. The lowest BCUT2D eigenvalue weighted by Crippen LogP contribution is -2.10. The molecule has 2 heterocycles. The van der Waals surface area contributed by atoms with Gasteiger partial charge in [-0.25, -0.2) is 4.98 Å². The van der Waals surface area contributed by atoms with Crippen LogP contribution in [0.3, 0.4) is 0 Å². The van der Waals surface area contributed by atoms with E-state index in [1.165, 1.54) is 0 Å². The Labute approximate surface area is 155 Å². The van der Waals surface area contributed by atoms with Crippen molar-refractivity contribution in [3.63, 3.8) is 0 Å². The summed E-state index contributed by atoms with van der Waals surface area (Å²) in [6.45, 7) is 1.75. The van der Waals surface area contributed by atoms with Crippen LogP contribution in [0.5, 0.6) is 5.75 Å². The van der Waals surface area contributed by atoms with Gasteiger partial charge < -0.3 is 14.2 Å². The molecule has 3 aromatic rings. The molecule has 2 aromatic heterocycles. The maximum absolute atomic E-state index is 9.28. The molecule has 0 fully saturated rings. The maximum Gasteiger partial charge on any atom is 0.183 e. The van der Waals surface area contributed by atoms with Crippen LogP contribution in [0.25, 0.3) is 22.8 Å². The SMILES string of the molecule is COCCOCCOc1cc(-c2nc(-c3ccnnc3)n[nH]2)ccc1C#N. The number of hydrogen-bond donors (Lipinski definition) is 1. The highest BCUT2D eigenvalue weighted by Crippen LogP contribution is 2.26. The van der Waals surface area contributed by atoms with Crippen LogP contribution in [0.2, 0.25) is 0 Å². The number of rotatable bonds is 9. The molecule has 0 spiro atoms. The lowest BCUT2D eigenvalue weighted by molar-refractivity contribution is 0.0544. The molecule has 0 saturated heterocycles. The molecule has 0 aliphatic carbocycles. The second-order valence-electron chi connectivity index (χ2n) is 5.42. The number of aromatic nitrogens is 5. The predicted molar refractivity (Wildman–Crippen MR) is 95.7 cm³/mol. The van der Waals surface area contributed by atoms with Crippen molar-refractivity contribution in [3.05, 3.63) is 42.2 Å². The Kier molecular flexibility index (Phi) is 6.40. The number of methoxy groups -OCH3 is 1. The van der Waals surface area contributed by atoms with Crippen LogP contribution in [-0.2, 0) is 9.47 Å². The van der Waals surface area contributed by atoms with Crippen molar-refractivity contribution in [1.82, 2.24) is 25.4 Å². The third-order valence-electron chi connectivity index (χ3n) is 3.62. The third-order valence-corrected chi connectivity index (χ3v) is 3.62. The van der Waals surface area contributed by atoms with Gasteiger partial charge in [0, 0.05) is 18.2 Å². The number of H-pyrrole nitrogens is 1. The average Bonchev–Trinajstić information content (AvgIpc) is 3.21. The molecular formula is C18H18N6O3. The van der Waals surface area contributed by atoms with Crippen LogP contribution in [-0.4, -0.2) is 58.9 Å². The van der Waals surface area contributed by atoms with Gasteiger partial charge in [-0.3, -0.25) is 5.10 Å². The summed E-state index contributed by atoms with van der Waals surface area (Å²) >= 11 is 0. The fourth-order valence-electron chi connectivity index (χ4n) is 2.28. The summed E-state index contributed by atoms with van der Waals surface area (Å²) in [5.74, 6) is 1.54. The molecule has 0 aliphatic heterocycles. The summed E-state index contributed by atoms with van der Waals surface area (Å²) in [5.41, 5.74) is 1.95. The molecule has 0 unspecified atom stereocenters. The summed E-state index contributed by atoms with van der Waals surface area (Å²) in [4.78, 5) is 4.47. The van der Waals surface area contributed by atoms with E-state index in [0.29, 0.717) is 49.4 Å². The molecule has 9 nitrogen and oxygen atoms in total. The fourth-order valence-corrected chi connectivity index (χ4v) is 2.28. The molecule has 0 radical (unpaired) electrons. The molecule has 0 aliphatic rings. The van der Waals surface area contributed by atoms with Crippen LogP contribution in [0.4, 0.5) is 0 Å². The van der Waals surface area contributed by atoms with Gasteiger partial charge in [0.25, 0.3) is 0 Å². The normalized spacial score (nSPS) is 10.5. The second kappa shape index (κ2) is 9.38. The molecule has 0 bridgehead atoms. The summed E-state index contributed by atoms with van der Waals surface area (Å²) in [6, 6.07) is 9.12. The number of nitrogens with zero attached hydrogens (tertiary/aromatic N) is 5. The van der Waals surface area contributed by atoms with Gasteiger partial charge in [0.1, 0.15) is 18.4 Å². The van der Waals surface area contributed by atoms with E-state index in [2.05, 4.69) is 31.4 Å². The Hall–Kier alpha value is -3.35. The van der Waals surface area contributed by atoms with E-state index in [0.717, 1.165) is 11.1 Å². The number of benzene rings is 1. The van der Waals surface area contributed by atoms with Crippen LogP contribution < -0.4 is 4.74 Å². The van der Waals surface area contributed by atoms with Gasteiger partial charge >= 0.3 is 0 Å². The highest BCUT2D eigenvalue weighted by atomic mass is 16.5. The zero-order chi connectivity index (χ0) is 18.9. The quantitative estimate of drug-likeness (QED) is 0.570. The van der Waals surface area contributed by atoms with Crippen LogP contribution in [0.15, 0.2) is 36.7 Å². The van der Waals surface area contributed by atoms with Crippen molar-refractivity contribution in [3.8, 4) is 34.6 Å². The van der Waals surface area contributed by atoms with Crippen molar-refractivity contribution >= 4 is 0 Å².